The van der Waals surface area contributed by atoms with Gasteiger partial charge in [-0.1, -0.05) is 12.1 Å². The molecule has 1 aromatic rings. The predicted octanol–water partition coefficient (Wildman–Crippen LogP) is 1.83. The van der Waals surface area contributed by atoms with Gasteiger partial charge in [0.25, 0.3) is 11.1 Å². The predicted molar refractivity (Wildman–Crippen MR) is 84.1 cm³/mol. The van der Waals surface area contributed by atoms with E-state index in [1.54, 1.807) is 30.3 Å². The van der Waals surface area contributed by atoms with Gasteiger partial charge in [-0.15, -0.1) is 0 Å². The van der Waals surface area contributed by atoms with Crippen molar-refractivity contribution in [1.82, 2.24) is 4.90 Å². The molecule has 1 aliphatic heterocycles. The second kappa shape index (κ2) is 7.80. The molecule has 0 radical (unpaired) electrons. The average Bonchev–Trinajstić information content (AvgIpc) is 2.78. The van der Waals surface area contributed by atoms with Gasteiger partial charge in [0.15, 0.2) is 6.61 Å². The normalized spacial score (nSPS) is 16.2. The van der Waals surface area contributed by atoms with E-state index < -0.39 is 12.6 Å². The highest BCUT2D eigenvalue weighted by Crippen LogP contribution is 2.32. The third kappa shape index (κ3) is 4.57. The van der Waals surface area contributed by atoms with Crippen LogP contribution >= 0.6 is 11.8 Å². The first kappa shape index (κ1) is 17.0. The molecule has 122 valence electrons. The van der Waals surface area contributed by atoms with E-state index >= 15 is 0 Å². The molecule has 0 saturated carbocycles. The zero-order valence-electron chi connectivity index (χ0n) is 12.4. The van der Waals surface area contributed by atoms with Crippen molar-refractivity contribution < 1.29 is 29.0 Å². The number of rotatable bonds is 7. The molecule has 0 unspecified atom stereocenters. The SMILES string of the molecule is COCCN1C(=O)S/C(=C/c2cccc(OCC(=O)O)c2)C1=O. The molecule has 1 aliphatic rings. The highest BCUT2D eigenvalue weighted by atomic mass is 32.2. The summed E-state index contributed by atoms with van der Waals surface area (Å²) in [4.78, 5) is 35.9. The van der Waals surface area contributed by atoms with Crippen molar-refractivity contribution in [3.63, 3.8) is 0 Å². The number of benzene rings is 1. The molecule has 2 amide bonds. The maximum absolute atomic E-state index is 12.2. The minimum Gasteiger partial charge on any atom is -0.482 e. The second-order valence-corrected chi connectivity index (χ2v) is 5.57. The van der Waals surface area contributed by atoms with Gasteiger partial charge in [0, 0.05) is 7.11 Å². The highest BCUT2D eigenvalue weighted by molar-refractivity contribution is 8.18. The Morgan fingerprint density at radius 3 is 2.87 bits per heavy atom. The van der Waals surface area contributed by atoms with Crippen molar-refractivity contribution in [1.29, 1.82) is 0 Å². The summed E-state index contributed by atoms with van der Waals surface area (Å²) in [5.41, 5.74) is 0.644. The number of ether oxygens (including phenoxy) is 2. The van der Waals surface area contributed by atoms with Crippen LogP contribution in [-0.4, -0.2) is 54.0 Å². The molecule has 0 spiro atoms. The van der Waals surface area contributed by atoms with Crippen molar-refractivity contribution in [2.24, 2.45) is 0 Å². The fraction of sp³-hybridized carbons (Fsp3) is 0.267. The van der Waals surface area contributed by atoms with Crippen LogP contribution in [0.5, 0.6) is 5.75 Å². The van der Waals surface area contributed by atoms with Gasteiger partial charge in [0.1, 0.15) is 5.75 Å². The Kier molecular flexibility index (Phi) is 5.78. The Morgan fingerprint density at radius 1 is 1.39 bits per heavy atom. The van der Waals surface area contributed by atoms with Gasteiger partial charge in [-0.3, -0.25) is 14.5 Å². The fourth-order valence-electron chi connectivity index (χ4n) is 1.87. The molecule has 1 fully saturated rings. The number of carbonyl (C=O) groups is 3. The number of carboxylic acids is 1. The van der Waals surface area contributed by atoms with E-state index in [1.807, 2.05) is 0 Å². The molecule has 0 aliphatic carbocycles. The Balaban J connectivity index is 2.12. The maximum atomic E-state index is 12.2. The van der Waals surface area contributed by atoms with Crippen molar-refractivity contribution in [2.75, 3.05) is 26.9 Å². The maximum Gasteiger partial charge on any atom is 0.341 e. The van der Waals surface area contributed by atoms with Gasteiger partial charge >= 0.3 is 5.97 Å². The van der Waals surface area contributed by atoms with Crippen LogP contribution in [0.15, 0.2) is 29.2 Å². The standard InChI is InChI=1S/C15H15NO6S/c1-21-6-5-16-14(19)12(23-15(16)20)8-10-3-2-4-11(7-10)22-9-13(17)18/h2-4,7-8H,5-6,9H2,1H3,(H,17,18)/b12-8+. The van der Waals surface area contributed by atoms with Crippen molar-refractivity contribution >= 4 is 35.0 Å². The molecule has 0 aromatic heterocycles. The van der Waals surface area contributed by atoms with Gasteiger partial charge in [-0.25, -0.2) is 4.79 Å². The molecule has 0 bridgehead atoms. The first-order valence-electron chi connectivity index (χ1n) is 6.70. The lowest BCUT2D eigenvalue weighted by Gasteiger charge is -2.10. The molecule has 0 atom stereocenters. The number of amides is 2. The summed E-state index contributed by atoms with van der Waals surface area (Å²) in [6.45, 7) is 0.0427. The number of carboxylic acid groups (broad SMARTS) is 1. The number of carbonyl (C=O) groups excluding carboxylic acids is 2. The van der Waals surface area contributed by atoms with Crippen molar-refractivity contribution in [2.45, 2.75) is 0 Å². The Hall–Kier alpha value is -2.32. The molecule has 1 heterocycles. The summed E-state index contributed by atoms with van der Waals surface area (Å²) in [5.74, 6) is -1.07. The average molecular weight is 337 g/mol. The van der Waals surface area contributed by atoms with Crippen molar-refractivity contribution in [3.05, 3.63) is 34.7 Å². The molecule has 2 rings (SSSR count). The Labute approximate surface area is 136 Å². The summed E-state index contributed by atoms with van der Waals surface area (Å²) in [6.07, 6.45) is 1.57. The minimum atomic E-state index is -1.07. The molecule has 23 heavy (non-hydrogen) atoms. The van der Waals surface area contributed by atoms with Gasteiger partial charge in [0.05, 0.1) is 18.1 Å². The molecule has 8 heteroatoms. The van der Waals surface area contributed by atoms with Crippen LogP contribution in [0, 0.1) is 0 Å². The fourth-order valence-corrected chi connectivity index (χ4v) is 2.73. The van der Waals surface area contributed by atoms with E-state index in [9.17, 15) is 14.4 Å². The summed E-state index contributed by atoms with van der Waals surface area (Å²) < 4.78 is 9.96. The zero-order valence-corrected chi connectivity index (χ0v) is 13.2. The van der Waals surface area contributed by atoms with Crippen molar-refractivity contribution in [3.8, 4) is 5.75 Å². The number of hydrogen-bond donors (Lipinski definition) is 1. The molecule has 7 nitrogen and oxygen atoms in total. The second-order valence-electron chi connectivity index (χ2n) is 4.58. The number of methoxy groups -OCH3 is 1. The molecule has 1 N–H and O–H groups in total. The number of thioether (sulfide) groups is 1. The summed E-state index contributed by atoms with van der Waals surface area (Å²) in [6, 6.07) is 6.63. The first-order chi connectivity index (χ1) is 11.0. The zero-order chi connectivity index (χ0) is 16.8. The van der Waals surface area contributed by atoms with Gasteiger partial charge in [0.2, 0.25) is 0 Å². The summed E-state index contributed by atoms with van der Waals surface area (Å²) >= 11 is 0.859. The Morgan fingerprint density at radius 2 is 2.17 bits per heavy atom. The Bertz CT molecular complexity index is 657. The van der Waals surface area contributed by atoms with E-state index in [4.69, 9.17) is 14.6 Å². The van der Waals surface area contributed by atoms with Crippen LogP contribution < -0.4 is 4.74 Å². The number of aliphatic carboxylic acids is 1. The number of hydrogen-bond acceptors (Lipinski definition) is 6. The van der Waals surface area contributed by atoms with Crippen LogP contribution in [0.1, 0.15) is 5.56 Å². The quantitative estimate of drug-likeness (QED) is 0.759. The highest BCUT2D eigenvalue weighted by Gasteiger charge is 2.34. The van der Waals surface area contributed by atoms with Crippen LogP contribution in [0.2, 0.25) is 0 Å². The van der Waals surface area contributed by atoms with Gasteiger partial charge in [-0.2, -0.15) is 0 Å². The molecular weight excluding hydrogens is 322 g/mol. The lowest BCUT2D eigenvalue weighted by atomic mass is 10.2. The lowest BCUT2D eigenvalue weighted by Crippen LogP contribution is -2.31. The lowest BCUT2D eigenvalue weighted by molar-refractivity contribution is -0.139. The molecule has 1 saturated heterocycles. The first-order valence-corrected chi connectivity index (χ1v) is 7.52. The van der Waals surface area contributed by atoms with Gasteiger partial charge < -0.3 is 14.6 Å². The van der Waals surface area contributed by atoms with E-state index in [0.29, 0.717) is 16.2 Å². The van der Waals surface area contributed by atoms with E-state index in [-0.39, 0.29) is 24.3 Å². The number of nitrogens with zero attached hydrogens (tertiary/aromatic N) is 1. The third-order valence-corrected chi connectivity index (χ3v) is 3.82. The van der Waals surface area contributed by atoms with E-state index in [2.05, 4.69) is 0 Å². The van der Waals surface area contributed by atoms with Crippen LogP contribution in [0.25, 0.3) is 6.08 Å². The van der Waals surface area contributed by atoms with Crippen LogP contribution in [0.4, 0.5) is 4.79 Å². The third-order valence-electron chi connectivity index (χ3n) is 2.91. The molecular formula is C15H15NO6S. The van der Waals surface area contributed by atoms with Gasteiger partial charge in [-0.05, 0) is 35.5 Å². The number of imide groups is 1. The smallest absolute Gasteiger partial charge is 0.341 e. The molecule has 1 aromatic carbocycles. The largest absolute Gasteiger partial charge is 0.482 e. The van der Waals surface area contributed by atoms with E-state index in [1.165, 1.54) is 7.11 Å². The summed E-state index contributed by atoms with van der Waals surface area (Å²) in [5, 5.41) is 8.26. The summed E-state index contributed by atoms with van der Waals surface area (Å²) in [7, 11) is 1.50. The minimum absolute atomic E-state index is 0.209. The van der Waals surface area contributed by atoms with E-state index in [0.717, 1.165) is 16.7 Å². The van der Waals surface area contributed by atoms with Crippen LogP contribution in [-0.2, 0) is 14.3 Å². The van der Waals surface area contributed by atoms with Crippen LogP contribution in [0.3, 0.4) is 0 Å². The topological polar surface area (TPSA) is 93.1 Å². The monoisotopic (exact) mass is 337 g/mol.